The molecule has 0 bridgehead atoms. The summed E-state index contributed by atoms with van der Waals surface area (Å²) in [6.07, 6.45) is 5.70. The lowest BCUT2D eigenvalue weighted by Gasteiger charge is -2.43. The second kappa shape index (κ2) is 4.42. The molecule has 2 rings (SSSR count). The molecule has 0 aromatic rings. The summed E-state index contributed by atoms with van der Waals surface area (Å²) in [5, 5.41) is 0. The zero-order valence-electron chi connectivity index (χ0n) is 10.6. The molecule has 2 nitrogen and oxygen atoms in total. The van der Waals surface area contributed by atoms with Crippen molar-refractivity contribution >= 4 is 0 Å². The summed E-state index contributed by atoms with van der Waals surface area (Å²) in [6, 6.07) is 0.895. The first-order valence-corrected chi connectivity index (χ1v) is 6.49. The van der Waals surface area contributed by atoms with Gasteiger partial charge in [0.1, 0.15) is 0 Å². The Balaban J connectivity index is 1.80. The van der Waals surface area contributed by atoms with Gasteiger partial charge in [-0.1, -0.05) is 13.8 Å². The van der Waals surface area contributed by atoms with Gasteiger partial charge in [-0.25, -0.2) is 0 Å². The first-order valence-electron chi connectivity index (χ1n) is 6.49. The lowest BCUT2D eigenvalue weighted by Crippen LogP contribution is -2.50. The van der Waals surface area contributed by atoms with E-state index in [1.165, 1.54) is 51.9 Å². The Morgan fingerprint density at radius 3 is 2.00 bits per heavy atom. The van der Waals surface area contributed by atoms with E-state index >= 15 is 0 Å². The van der Waals surface area contributed by atoms with Gasteiger partial charge in [0.25, 0.3) is 0 Å². The minimum absolute atomic E-state index is 0.614. The summed E-state index contributed by atoms with van der Waals surface area (Å²) in [5.74, 6) is 0. The third kappa shape index (κ3) is 2.94. The van der Waals surface area contributed by atoms with Crippen LogP contribution in [0.5, 0.6) is 0 Å². The van der Waals surface area contributed by atoms with E-state index in [1.54, 1.807) is 0 Å². The lowest BCUT2D eigenvalue weighted by molar-refractivity contribution is 0.0659. The summed E-state index contributed by atoms with van der Waals surface area (Å²) in [4.78, 5) is 5.18. The van der Waals surface area contributed by atoms with Crippen molar-refractivity contribution in [2.24, 2.45) is 5.41 Å². The van der Waals surface area contributed by atoms with E-state index in [0.29, 0.717) is 5.41 Å². The van der Waals surface area contributed by atoms with Gasteiger partial charge in [0, 0.05) is 32.2 Å². The van der Waals surface area contributed by atoms with Crippen LogP contribution in [0.15, 0.2) is 0 Å². The first kappa shape index (κ1) is 11.4. The van der Waals surface area contributed by atoms with Crippen molar-refractivity contribution < 1.29 is 0 Å². The smallest absolute Gasteiger partial charge is 0.0113 e. The van der Waals surface area contributed by atoms with Gasteiger partial charge in [0.2, 0.25) is 0 Å². The van der Waals surface area contributed by atoms with Gasteiger partial charge in [-0.05, 0) is 38.1 Å². The molecule has 0 radical (unpaired) electrons. The average molecular weight is 210 g/mol. The lowest BCUT2D eigenvalue weighted by atomic mass is 9.75. The van der Waals surface area contributed by atoms with E-state index in [1.807, 2.05) is 0 Å². The predicted molar refractivity (Wildman–Crippen MR) is 65.1 cm³/mol. The topological polar surface area (TPSA) is 6.48 Å². The summed E-state index contributed by atoms with van der Waals surface area (Å²) in [5.41, 5.74) is 0.614. The predicted octanol–water partition coefficient (Wildman–Crippen LogP) is 2.20. The van der Waals surface area contributed by atoms with Gasteiger partial charge < -0.3 is 4.90 Å². The normalized spacial score (nSPS) is 30.6. The Morgan fingerprint density at radius 1 is 0.933 bits per heavy atom. The van der Waals surface area contributed by atoms with Crippen LogP contribution in [0.1, 0.15) is 39.5 Å². The van der Waals surface area contributed by atoms with Crippen molar-refractivity contribution in [3.8, 4) is 0 Å². The number of likely N-dealkylation sites (N-methyl/N-ethyl adjacent to an activating group) is 1. The van der Waals surface area contributed by atoms with Crippen LogP contribution in [0.25, 0.3) is 0 Å². The number of nitrogens with zero attached hydrogens (tertiary/aromatic N) is 2. The van der Waals surface area contributed by atoms with Crippen molar-refractivity contribution in [3.05, 3.63) is 0 Å². The van der Waals surface area contributed by atoms with Gasteiger partial charge >= 0.3 is 0 Å². The summed E-state index contributed by atoms with van der Waals surface area (Å²) >= 11 is 0. The van der Waals surface area contributed by atoms with Gasteiger partial charge in [0.15, 0.2) is 0 Å². The molecule has 0 aromatic carbocycles. The second-order valence-electron chi connectivity index (χ2n) is 6.23. The fourth-order valence-corrected chi connectivity index (χ4v) is 2.94. The molecule has 0 aromatic heterocycles. The standard InChI is InChI=1S/C13H26N2/c1-13(2)6-4-12(5-7-13)15-10-8-14(3)9-11-15/h12H,4-11H2,1-3H3. The highest BCUT2D eigenvalue weighted by molar-refractivity contribution is 4.85. The zero-order chi connectivity index (χ0) is 10.9. The Morgan fingerprint density at radius 2 is 1.47 bits per heavy atom. The summed E-state index contributed by atoms with van der Waals surface area (Å²) in [7, 11) is 2.24. The number of piperazine rings is 1. The highest BCUT2D eigenvalue weighted by Gasteiger charge is 2.30. The average Bonchev–Trinajstić information content (AvgIpc) is 2.20. The number of hydrogen-bond donors (Lipinski definition) is 0. The highest BCUT2D eigenvalue weighted by Crippen LogP contribution is 2.36. The molecule has 1 heterocycles. The van der Waals surface area contributed by atoms with E-state index in [2.05, 4.69) is 30.7 Å². The van der Waals surface area contributed by atoms with Crippen molar-refractivity contribution in [3.63, 3.8) is 0 Å². The Bertz CT molecular complexity index is 195. The number of rotatable bonds is 1. The van der Waals surface area contributed by atoms with Crippen LogP contribution in [0.2, 0.25) is 0 Å². The molecule has 15 heavy (non-hydrogen) atoms. The van der Waals surface area contributed by atoms with Crippen LogP contribution in [-0.2, 0) is 0 Å². The molecule has 0 unspecified atom stereocenters. The first-order chi connectivity index (χ1) is 7.07. The zero-order valence-corrected chi connectivity index (χ0v) is 10.6. The quantitative estimate of drug-likeness (QED) is 0.655. The van der Waals surface area contributed by atoms with Crippen LogP contribution in [0, 0.1) is 5.41 Å². The fourth-order valence-electron chi connectivity index (χ4n) is 2.94. The molecule has 1 saturated carbocycles. The second-order valence-corrected chi connectivity index (χ2v) is 6.23. The molecule has 1 aliphatic heterocycles. The molecule has 0 spiro atoms. The molecule has 0 atom stereocenters. The molecule has 1 aliphatic carbocycles. The minimum Gasteiger partial charge on any atom is -0.304 e. The van der Waals surface area contributed by atoms with Crippen molar-refractivity contribution in [1.29, 1.82) is 0 Å². The van der Waals surface area contributed by atoms with Crippen LogP contribution >= 0.6 is 0 Å². The Kier molecular flexibility index (Phi) is 3.36. The fraction of sp³-hybridized carbons (Fsp3) is 1.00. The van der Waals surface area contributed by atoms with E-state index < -0.39 is 0 Å². The van der Waals surface area contributed by atoms with Crippen LogP contribution in [0.4, 0.5) is 0 Å². The molecular weight excluding hydrogens is 184 g/mol. The molecule has 0 N–H and O–H groups in total. The van der Waals surface area contributed by atoms with Gasteiger partial charge in [0.05, 0.1) is 0 Å². The molecular formula is C13H26N2. The maximum absolute atomic E-state index is 2.73. The molecule has 88 valence electrons. The van der Waals surface area contributed by atoms with Gasteiger partial charge in [-0.15, -0.1) is 0 Å². The summed E-state index contributed by atoms with van der Waals surface area (Å²) < 4.78 is 0. The minimum atomic E-state index is 0.614. The highest BCUT2D eigenvalue weighted by atomic mass is 15.3. The van der Waals surface area contributed by atoms with Crippen molar-refractivity contribution in [2.45, 2.75) is 45.6 Å². The van der Waals surface area contributed by atoms with E-state index in [-0.39, 0.29) is 0 Å². The van der Waals surface area contributed by atoms with Crippen LogP contribution < -0.4 is 0 Å². The van der Waals surface area contributed by atoms with E-state index in [9.17, 15) is 0 Å². The monoisotopic (exact) mass is 210 g/mol. The van der Waals surface area contributed by atoms with Crippen molar-refractivity contribution in [1.82, 2.24) is 9.80 Å². The largest absolute Gasteiger partial charge is 0.304 e. The molecule has 0 amide bonds. The maximum atomic E-state index is 2.73. The molecule has 2 aliphatic rings. The van der Waals surface area contributed by atoms with Gasteiger partial charge in [-0.2, -0.15) is 0 Å². The third-order valence-corrected chi connectivity index (χ3v) is 4.36. The summed E-state index contributed by atoms with van der Waals surface area (Å²) in [6.45, 7) is 9.96. The van der Waals surface area contributed by atoms with Gasteiger partial charge in [-0.3, -0.25) is 4.90 Å². The van der Waals surface area contributed by atoms with E-state index in [0.717, 1.165) is 6.04 Å². The SMILES string of the molecule is CN1CCN(C2CCC(C)(C)CC2)CC1. The third-order valence-electron chi connectivity index (χ3n) is 4.36. The van der Waals surface area contributed by atoms with E-state index in [4.69, 9.17) is 0 Å². The van der Waals surface area contributed by atoms with Crippen LogP contribution in [-0.4, -0.2) is 49.1 Å². The van der Waals surface area contributed by atoms with Crippen molar-refractivity contribution in [2.75, 3.05) is 33.2 Å². The number of hydrogen-bond acceptors (Lipinski definition) is 2. The maximum Gasteiger partial charge on any atom is 0.0113 e. The molecule has 2 fully saturated rings. The molecule has 2 heteroatoms. The molecule has 1 saturated heterocycles. The Hall–Kier alpha value is -0.0800. The van der Waals surface area contributed by atoms with Crippen LogP contribution in [0.3, 0.4) is 0 Å². The Labute approximate surface area is 94.6 Å².